The average Bonchev–Trinajstić information content (AvgIpc) is 2.56. The number of rotatable bonds is 11. The smallest absolute Gasteiger partial charge is 0.256 e. The van der Waals surface area contributed by atoms with E-state index in [2.05, 4.69) is 19.2 Å². The number of carbonyl (C=O) groups is 1. The van der Waals surface area contributed by atoms with E-state index < -0.39 is 5.60 Å². The van der Waals surface area contributed by atoms with Crippen LogP contribution in [0.15, 0.2) is 18.2 Å². The molecule has 4 nitrogen and oxygen atoms in total. The third kappa shape index (κ3) is 6.16. The zero-order valence-corrected chi connectivity index (χ0v) is 15.9. The van der Waals surface area contributed by atoms with E-state index in [1.807, 2.05) is 39.0 Å². The van der Waals surface area contributed by atoms with Crippen molar-refractivity contribution in [3.05, 3.63) is 23.8 Å². The highest BCUT2D eigenvalue weighted by Crippen LogP contribution is 2.25. The fourth-order valence-electron chi connectivity index (χ4n) is 2.60. The van der Waals surface area contributed by atoms with Gasteiger partial charge in [-0.25, -0.2) is 0 Å². The van der Waals surface area contributed by atoms with Gasteiger partial charge in [-0.15, -0.1) is 0 Å². The van der Waals surface area contributed by atoms with Crippen molar-refractivity contribution in [3.63, 3.8) is 0 Å². The second-order valence-electron chi connectivity index (χ2n) is 6.40. The zero-order valence-electron chi connectivity index (χ0n) is 15.9. The predicted molar refractivity (Wildman–Crippen MR) is 99.8 cm³/mol. The number of unbranched alkanes of at least 4 members (excludes halogenated alkanes) is 2. The molecule has 0 aliphatic carbocycles. The highest BCUT2D eigenvalue weighted by atomic mass is 16.5. The van der Waals surface area contributed by atoms with Gasteiger partial charge in [-0.3, -0.25) is 4.79 Å². The lowest BCUT2D eigenvalue weighted by atomic mass is 9.96. The van der Waals surface area contributed by atoms with Crippen LogP contribution in [0.25, 0.3) is 0 Å². The summed E-state index contributed by atoms with van der Waals surface area (Å²) in [6.07, 6.45) is 4.87. The SMILES string of the molecule is CCCCC[C@](C)(OCCC)C(=O)Nc1ccc(OCC)c(C)c1. The third-order valence-electron chi connectivity index (χ3n) is 4.10. The fourth-order valence-corrected chi connectivity index (χ4v) is 2.60. The largest absolute Gasteiger partial charge is 0.494 e. The molecule has 0 heterocycles. The van der Waals surface area contributed by atoms with E-state index in [9.17, 15) is 4.79 Å². The van der Waals surface area contributed by atoms with Gasteiger partial charge in [0.05, 0.1) is 6.61 Å². The summed E-state index contributed by atoms with van der Waals surface area (Å²) in [5.74, 6) is 0.777. The maximum absolute atomic E-state index is 12.8. The number of benzene rings is 1. The Bertz CT molecular complexity index is 516. The number of aryl methyl sites for hydroxylation is 1. The van der Waals surface area contributed by atoms with Gasteiger partial charge in [-0.1, -0.05) is 33.1 Å². The van der Waals surface area contributed by atoms with Gasteiger partial charge in [0.2, 0.25) is 0 Å². The predicted octanol–water partition coefficient (Wildman–Crippen LogP) is 5.10. The molecule has 136 valence electrons. The molecule has 0 bridgehead atoms. The van der Waals surface area contributed by atoms with Crippen LogP contribution in [0.2, 0.25) is 0 Å². The van der Waals surface area contributed by atoms with Gasteiger partial charge in [0.25, 0.3) is 5.91 Å². The van der Waals surface area contributed by atoms with Crippen molar-refractivity contribution < 1.29 is 14.3 Å². The van der Waals surface area contributed by atoms with Crippen LogP contribution in [0.3, 0.4) is 0 Å². The van der Waals surface area contributed by atoms with Gasteiger partial charge >= 0.3 is 0 Å². The Labute approximate surface area is 146 Å². The summed E-state index contributed by atoms with van der Waals surface area (Å²) >= 11 is 0. The van der Waals surface area contributed by atoms with E-state index >= 15 is 0 Å². The lowest BCUT2D eigenvalue weighted by Crippen LogP contribution is -2.43. The number of anilines is 1. The number of ether oxygens (including phenoxy) is 2. The first kappa shape index (κ1) is 20.5. The fraction of sp³-hybridized carbons (Fsp3) is 0.650. The summed E-state index contributed by atoms with van der Waals surface area (Å²) in [4.78, 5) is 12.8. The molecule has 0 saturated heterocycles. The minimum atomic E-state index is -0.780. The first-order valence-corrected chi connectivity index (χ1v) is 9.15. The molecule has 1 N–H and O–H groups in total. The summed E-state index contributed by atoms with van der Waals surface area (Å²) in [5.41, 5.74) is 1.01. The summed E-state index contributed by atoms with van der Waals surface area (Å²) < 4.78 is 11.5. The Morgan fingerprint density at radius 2 is 1.92 bits per heavy atom. The second kappa shape index (κ2) is 10.3. The van der Waals surface area contributed by atoms with Crippen LogP contribution in [0.4, 0.5) is 5.69 Å². The van der Waals surface area contributed by atoms with Crippen LogP contribution in [-0.4, -0.2) is 24.7 Å². The van der Waals surface area contributed by atoms with E-state index in [4.69, 9.17) is 9.47 Å². The number of hydrogen-bond donors (Lipinski definition) is 1. The summed E-state index contributed by atoms with van der Waals surface area (Å²) in [7, 11) is 0. The van der Waals surface area contributed by atoms with Gasteiger partial charge in [-0.05, 0) is 57.4 Å². The molecule has 0 aliphatic rings. The Hall–Kier alpha value is -1.55. The molecule has 0 unspecified atom stereocenters. The van der Waals surface area contributed by atoms with E-state index in [0.717, 1.165) is 49.1 Å². The third-order valence-corrected chi connectivity index (χ3v) is 4.10. The van der Waals surface area contributed by atoms with Gasteiger partial charge in [-0.2, -0.15) is 0 Å². The molecule has 4 heteroatoms. The van der Waals surface area contributed by atoms with Crippen LogP contribution in [-0.2, 0) is 9.53 Å². The molecule has 0 spiro atoms. The van der Waals surface area contributed by atoms with Crippen LogP contribution >= 0.6 is 0 Å². The molecular weight excluding hydrogens is 302 g/mol. The molecule has 0 radical (unpaired) electrons. The molecule has 1 rings (SSSR count). The topological polar surface area (TPSA) is 47.6 Å². The Morgan fingerprint density at radius 1 is 1.17 bits per heavy atom. The van der Waals surface area contributed by atoms with Crippen molar-refractivity contribution in [2.45, 2.75) is 72.3 Å². The van der Waals surface area contributed by atoms with Gasteiger partial charge in [0, 0.05) is 12.3 Å². The van der Waals surface area contributed by atoms with Crippen molar-refractivity contribution in [1.82, 2.24) is 0 Å². The summed E-state index contributed by atoms with van der Waals surface area (Å²) in [6, 6.07) is 5.72. The Kier molecular flexibility index (Phi) is 8.83. The maximum Gasteiger partial charge on any atom is 0.256 e. The van der Waals surface area contributed by atoms with Crippen molar-refractivity contribution in [2.75, 3.05) is 18.5 Å². The molecule has 0 aliphatic heterocycles. The van der Waals surface area contributed by atoms with Crippen molar-refractivity contribution >= 4 is 11.6 Å². The Morgan fingerprint density at radius 3 is 2.50 bits per heavy atom. The summed E-state index contributed by atoms with van der Waals surface area (Å²) in [5, 5.41) is 3.01. The van der Waals surface area contributed by atoms with Crippen LogP contribution in [0.1, 0.15) is 65.4 Å². The lowest BCUT2D eigenvalue weighted by Gasteiger charge is -2.29. The number of nitrogens with one attached hydrogen (secondary N) is 1. The molecular formula is C20H33NO3. The highest BCUT2D eigenvalue weighted by Gasteiger charge is 2.33. The first-order valence-electron chi connectivity index (χ1n) is 9.15. The molecule has 1 aromatic rings. The molecule has 1 atom stereocenters. The van der Waals surface area contributed by atoms with Crippen LogP contribution in [0.5, 0.6) is 5.75 Å². The van der Waals surface area contributed by atoms with Crippen molar-refractivity contribution in [1.29, 1.82) is 0 Å². The maximum atomic E-state index is 12.8. The van der Waals surface area contributed by atoms with Gasteiger partial charge < -0.3 is 14.8 Å². The second-order valence-corrected chi connectivity index (χ2v) is 6.40. The van der Waals surface area contributed by atoms with E-state index in [0.29, 0.717) is 13.2 Å². The molecule has 1 aromatic carbocycles. The highest BCUT2D eigenvalue weighted by molar-refractivity contribution is 5.97. The minimum absolute atomic E-state index is 0.0735. The quantitative estimate of drug-likeness (QED) is 0.572. The number of amides is 1. The normalized spacial score (nSPS) is 13.4. The summed E-state index contributed by atoms with van der Waals surface area (Å²) in [6.45, 7) is 11.3. The van der Waals surface area contributed by atoms with Crippen molar-refractivity contribution in [3.8, 4) is 5.75 Å². The molecule has 1 amide bonds. The average molecular weight is 335 g/mol. The monoisotopic (exact) mass is 335 g/mol. The van der Waals surface area contributed by atoms with Crippen molar-refractivity contribution in [2.24, 2.45) is 0 Å². The van der Waals surface area contributed by atoms with E-state index in [-0.39, 0.29) is 5.91 Å². The standard InChI is InChI=1S/C20H33NO3/c1-6-9-10-13-20(5,24-14-7-2)19(22)21-17-11-12-18(23-8-3)16(4)15-17/h11-12,15H,6-10,13-14H2,1-5H3,(H,21,22)/t20-/m0/s1. The Balaban J connectivity index is 2.80. The molecule has 0 saturated carbocycles. The van der Waals surface area contributed by atoms with Crippen LogP contribution < -0.4 is 10.1 Å². The van der Waals surface area contributed by atoms with Crippen LogP contribution in [0, 0.1) is 6.92 Å². The number of carbonyl (C=O) groups excluding carboxylic acids is 1. The van der Waals surface area contributed by atoms with E-state index in [1.165, 1.54) is 0 Å². The van der Waals surface area contributed by atoms with Gasteiger partial charge in [0.15, 0.2) is 0 Å². The first-order chi connectivity index (χ1) is 11.5. The molecule has 0 fully saturated rings. The number of hydrogen-bond acceptors (Lipinski definition) is 3. The molecule has 24 heavy (non-hydrogen) atoms. The zero-order chi connectivity index (χ0) is 18.0. The van der Waals surface area contributed by atoms with E-state index in [1.54, 1.807) is 0 Å². The molecule has 0 aromatic heterocycles. The van der Waals surface area contributed by atoms with Gasteiger partial charge in [0.1, 0.15) is 11.4 Å². The minimum Gasteiger partial charge on any atom is -0.494 e. The lowest BCUT2D eigenvalue weighted by molar-refractivity contribution is -0.140.